The maximum absolute atomic E-state index is 11.6. The number of carbonyl (C=O) groups excluding carboxylic acids is 1. The maximum Gasteiger partial charge on any atom is 0.234 e. The van der Waals surface area contributed by atoms with E-state index in [0.717, 1.165) is 5.56 Å². The zero-order chi connectivity index (χ0) is 13.9. The molecule has 0 heterocycles. The Hall–Kier alpha value is -1.14. The number of methoxy groups -OCH3 is 2. The maximum atomic E-state index is 11.6. The molecular weight excluding hydrogens is 280 g/mol. The smallest absolute Gasteiger partial charge is 0.234 e. The molecule has 1 atom stereocenters. The number of hydrogen-bond acceptors (Lipinski definition) is 4. The fourth-order valence-electron chi connectivity index (χ4n) is 1.65. The van der Waals surface area contributed by atoms with Gasteiger partial charge in [-0.2, -0.15) is 0 Å². The molecule has 1 aromatic rings. The van der Waals surface area contributed by atoms with E-state index in [2.05, 4.69) is 10.6 Å². The Kier molecular flexibility index (Phi) is 11.0. The number of ether oxygens (including phenoxy) is 2. The second-order valence-corrected chi connectivity index (χ2v) is 4.11. The lowest BCUT2D eigenvalue weighted by molar-refractivity contribution is -0.120. The Morgan fingerprint density at radius 2 is 1.95 bits per heavy atom. The first kappa shape index (κ1) is 18.9. The van der Waals surface area contributed by atoms with Crippen LogP contribution in [0.5, 0.6) is 0 Å². The summed E-state index contributed by atoms with van der Waals surface area (Å²) in [6, 6.07) is 9.83. The quantitative estimate of drug-likeness (QED) is 0.672. The van der Waals surface area contributed by atoms with Gasteiger partial charge in [0.1, 0.15) is 0 Å². The number of nitrogens with one attached hydrogen (secondary N) is 2. The Morgan fingerprint density at radius 1 is 1.25 bits per heavy atom. The number of rotatable bonds is 9. The standard InChI is InChI=1S/C14H22N2O3.ClH/c1-18-9-8-15-11-14(17)16-10-13(19-2)12-6-4-3-5-7-12;/h3-7,13,15H,8-11H2,1-2H3,(H,16,17);1H. The summed E-state index contributed by atoms with van der Waals surface area (Å²) in [4.78, 5) is 11.6. The van der Waals surface area contributed by atoms with Crippen LogP contribution in [-0.4, -0.2) is 46.4 Å². The molecule has 0 aliphatic rings. The van der Waals surface area contributed by atoms with Crippen LogP contribution < -0.4 is 10.6 Å². The van der Waals surface area contributed by atoms with E-state index < -0.39 is 0 Å². The highest BCUT2D eigenvalue weighted by Gasteiger charge is 2.11. The Morgan fingerprint density at radius 3 is 2.55 bits per heavy atom. The molecule has 114 valence electrons. The van der Waals surface area contributed by atoms with E-state index in [1.54, 1.807) is 14.2 Å². The van der Waals surface area contributed by atoms with Crippen LogP contribution in [0.2, 0.25) is 0 Å². The van der Waals surface area contributed by atoms with Crippen molar-refractivity contribution in [2.75, 3.05) is 40.5 Å². The molecule has 1 amide bonds. The van der Waals surface area contributed by atoms with E-state index in [-0.39, 0.29) is 31.0 Å². The number of amides is 1. The molecule has 1 aromatic carbocycles. The van der Waals surface area contributed by atoms with E-state index in [4.69, 9.17) is 9.47 Å². The summed E-state index contributed by atoms with van der Waals surface area (Å²) in [6.07, 6.45) is -0.121. The van der Waals surface area contributed by atoms with Gasteiger partial charge in [-0.05, 0) is 5.56 Å². The molecule has 0 aliphatic heterocycles. The summed E-state index contributed by atoms with van der Waals surface area (Å²) < 4.78 is 10.3. The molecule has 1 rings (SSSR count). The van der Waals surface area contributed by atoms with Gasteiger partial charge in [-0.1, -0.05) is 30.3 Å². The van der Waals surface area contributed by atoms with Gasteiger partial charge in [-0.25, -0.2) is 0 Å². The summed E-state index contributed by atoms with van der Waals surface area (Å²) in [7, 11) is 3.27. The van der Waals surface area contributed by atoms with E-state index in [0.29, 0.717) is 19.7 Å². The largest absolute Gasteiger partial charge is 0.383 e. The Bertz CT molecular complexity index is 363. The minimum Gasteiger partial charge on any atom is -0.383 e. The van der Waals surface area contributed by atoms with Gasteiger partial charge in [0.05, 0.1) is 19.3 Å². The lowest BCUT2D eigenvalue weighted by atomic mass is 10.1. The number of carbonyl (C=O) groups is 1. The normalized spacial score (nSPS) is 11.5. The van der Waals surface area contributed by atoms with Crippen molar-refractivity contribution in [1.29, 1.82) is 0 Å². The molecule has 0 aliphatic carbocycles. The minimum atomic E-state index is -0.121. The topological polar surface area (TPSA) is 59.6 Å². The van der Waals surface area contributed by atoms with Crippen molar-refractivity contribution in [1.82, 2.24) is 10.6 Å². The summed E-state index contributed by atoms with van der Waals surface area (Å²) in [5.74, 6) is -0.0471. The fourth-order valence-corrected chi connectivity index (χ4v) is 1.65. The van der Waals surface area contributed by atoms with Crippen LogP contribution in [0.25, 0.3) is 0 Å². The van der Waals surface area contributed by atoms with Gasteiger partial charge in [0, 0.05) is 27.3 Å². The van der Waals surface area contributed by atoms with Crippen molar-refractivity contribution in [3.8, 4) is 0 Å². The van der Waals surface area contributed by atoms with Crippen LogP contribution in [-0.2, 0) is 14.3 Å². The third kappa shape index (κ3) is 7.45. The molecule has 0 fully saturated rings. The number of benzene rings is 1. The lowest BCUT2D eigenvalue weighted by Crippen LogP contribution is -2.37. The van der Waals surface area contributed by atoms with Gasteiger partial charge >= 0.3 is 0 Å². The van der Waals surface area contributed by atoms with E-state index >= 15 is 0 Å². The minimum absolute atomic E-state index is 0. The second-order valence-electron chi connectivity index (χ2n) is 4.11. The van der Waals surface area contributed by atoms with Gasteiger partial charge in [0.25, 0.3) is 0 Å². The summed E-state index contributed by atoms with van der Waals surface area (Å²) in [6.45, 7) is 2.01. The van der Waals surface area contributed by atoms with Crippen molar-refractivity contribution < 1.29 is 14.3 Å². The molecule has 6 heteroatoms. The van der Waals surface area contributed by atoms with Crippen LogP contribution in [0, 0.1) is 0 Å². The molecule has 0 spiro atoms. The third-order valence-corrected chi connectivity index (χ3v) is 2.71. The third-order valence-electron chi connectivity index (χ3n) is 2.71. The van der Waals surface area contributed by atoms with Gasteiger partial charge in [0.2, 0.25) is 5.91 Å². The molecule has 0 saturated heterocycles. The molecule has 0 radical (unpaired) electrons. The van der Waals surface area contributed by atoms with Crippen LogP contribution in [0.3, 0.4) is 0 Å². The zero-order valence-electron chi connectivity index (χ0n) is 11.9. The highest BCUT2D eigenvalue weighted by Crippen LogP contribution is 2.14. The average molecular weight is 303 g/mol. The van der Waals surface area contributed by atoms with Gasteiger partial charge in [0.15, 0.2) is 0 Å². The van der Waals surface area contributed by atoms with E-state index in [9.17, 15) is 4.79 Å². The first-order chi connectivity index (χ1) is 9.27. The predicted molar refractivity (Wildman–Crippen MR) is 81.2 cm³/mol. The molecule has 1 unspecified atom stereocenters. The first-order valence-corrected chi connectivity index (χ1v) is 6.32. The van der Waals surface area contributed by atoms with Crippen LogP contribution in [0.15, 0.2) is 30.3 Å². The molecule has 0 saturated carbocycles. The highest BCUT2D eigenvalue weighted by atomic mass is 35.5. The average Bonchev–Trinajstić information content (AvgIpc) is 2.45. The SMILES string of the molecule is COCCNCC(=O)NCC(OC)c1ccccc1.Cl. The summed E-state index contributed by atoms with van der Waals surface area (Å²) in [5.41, 5.74) is 1.05. The van der Waals surface area contributed by atoms with Crippen molar-refractivity contribution in [3.63, 3.8) is 0 Å². The molecular formula is C14H23ClN2O3. The fraction of sp³-hybridized carbons (Fsp3) is 0.500. The van der Waals surface area contributed by atoms with Gasteiger partial charge < -0.3 is 20.1 Å². The van der Waals surface area contributed by atoms with Crippen molar-refractivity contribution in [2.24, 2.45) is 0 Å². The molecule has 20 heavy (non-hydrogen) atoms. The van der Waals surface area contributed by atoms with Crippen molar-refractivity contribution >= 4 is 18.3 Å². The first-order valence-electron chi connectivity index (χ1n) is 6.32. The van der Waals surface area contributed by atoms with Gasteiger partial charge in [-0.3, -0.25) is 4.79 Å². The van der Waals surface area contributed by atoms with Crippen molar-refractivity contribution in [2.45, 2.75) is 6.10 Å². The van der Waals surface area contributed by atoms with E-state index in [1.165, 1.54) is 0 Å². The van der Waals surface area contributed by atoms with Crippen LogP contribution >= 0.6 is 12.4 Å². The molecule has 5 nitrogen and oxygen atoms in total. The molecule has 2 N–H and O–H groups in total. The highest BCUT2D eigenvalue weighted by molar-refractivity contribution is 5.85. The Labute approximate surface area is 126 Å². The summed E-state index contributed by atoms with van der Waals surface area (Å²) in [5, 5.41) is 5.83. The van der Waals surface area contributed by atoms with E-state index in [1.807, 2.05) is 30.3 Å². The van der Waals surface area contributed by atoms with Crippen molar-refractivity contribution in [3.05, 3.63) is 35.9 Å². The van der Waals surface area contributed by atoms with Crippen LogP contribution in [0.1, 0.15) is 11.7 Å². The number of halogens is 1. The molecule has 0 aromatic heterocycles. The molecule has 0 bridgehead atoms. The lowest BCUT2D eigenvalue weighted by Gasteiger charge is -2.16. The summed E-state index contributed by atoms with van der Waals surface area (Å²) >= 11 is 0. The Balaban J connectivity index is 0.00000361. The predicted octanol–water partition coefficient (Wildman–Crippen LogP) is 1.15. The van der Waals surface area contributed by atoms with Gasteiger partial charge in [-0.15, -0.1) is 12.4 Å². The monoisotopic (exact) mass is 302 g/mol. The van der Waals surface area contributed by atoms with Crippen LogP contribution in [0.4, 0.5) is 0 Å². The zero-order valence-corrected chi connectivity index (χ0v) is 12.7. The number of hydrogen-bond donors (Lipinski definition) is 2. The second kappa shape index (κ2) is 11.7.